The van der Waals surface area contributed by atoms with E-state index in [1.54, 1.807) is 19.5 Å². The Balaban J connectivity index is 1.44. The minimum absolute atomic E-state index is 0.680. The lowest BCUT2D eigenvalue weighted by molar-refractivity contribution is 0.244. The van der Waals surface area contributed by atoms with Crippen molar-refractivity contribution in [1.82, 2.24) is 14.9 Å². The molecule has 138 valence electrons. The van der Waals surface area contributed by atoms with Crippen molar-refractivity contribution in [2.45, 2.75) is 13.0 Å². The second kappa shape index (κ2) is 7.78. The number of methoxy groups -OCH3 is 1. The summed E-state index contributed by atoms with van der Waals surface area (Å²) in [4.78, 5) is 13.2. The Kier molecular flexibility index (Phi) is 5.06. The minimum atomic E-state index is 0.680. The van der Waals surface area contributed by atoms with Gasteiger partial charge in [-0.05, 0) is 6.07 Å². The summed E-state index contributed by atoms with van der Waals surface area (Å²) >= 11 is 0. The highest BCUT2D eigenvalue weighted by atomic mass is 16.5. The molecule has 0 radical (unpaired) electrons. The van der Waals surface area contributed by atoms with Crippen LogP contribution in [0.2, 0.25) is 0 Å². The van der Waals surface area contributed by atoms with Crippen molar-refractivity contribution < 1.29 is 14.2 Å². The van der Waals surface area contributed by atoms with Crippen molar-refractivity contribution in [2.75, 3.05) is 51.4 Å². The van der Waals surface area contributed by atoms with Gasteiger partial charge >= 0.3 is 0 Å². The zero-order valence-corrected chi connectivity index (χ0v) is 15.1. The third kappa shape index (κ3) is 3.67. The van der Waals surface area contributed by atoms with Gasteiger partial charge in [0.25, 0.3) is 0 Å². The number of aromatic nitrogens is 2. The average molecular weight is 356 g/mol. The largest absolute Gasteiger partial charge is 0.496 e. The quantitative estimate of drug-likeness (QED) is 0.830. The number of nitrogens with zero attached hydrogens (tertiary/aromatic N) is 4. The number of piperazine rings is 1. The SMILES string of the molecule is COc1cc2c(cc1CN1CCN(c3cnccn3)CC1)OCCCO2. The molecule has 7 nitrogen and oxygen atoms in total. The minimum Gasteiger partial charge on any atom is -0.496 e. The molecule has 2 aromatic rings. The Morgan fingerprint density at radius 1 is 1.04 bits per heavy atom. The van der Waals surface area contributed by atoms with Crippen molar-refractivity contribution in [1.29, 1.82) is 0 Å². The number of benzene rings is 1. The highest BCUT2D eigenvalue weighted by Gasteiger charge is 2.21. The molecule has 26 heavy (non-hydrogen) atoms. The van der Waals surface area contributed by atoms with E-state index in [0.717, 1.165) is 67.8 Å². The molecule has 1 saturated heterocycles. The van der Waals surface area contributed by atoms with Gasteiger partial charge < -0.3 is 19.1 Å². The molecule has 0 saturated carbocycles. The molecule has 1 aromatic heterocycles. The molecule has 0 aliphatic carbocycles. The number of rotatable bonds is 4. The maximum Gasteiger partial charge on any atom is 0.164 e. The van der Waals surface area contributed by atoms with E-state index in [0.29, 0.717) is 13.2 Å². The summed E-state index contributed by atoms with van der Waals surface area (Å²) < 4.78 is 17.2. The zero-order chi connectivity index (χ0) is 17.8. The van der Waals surface area contributed by atoms with Crippen molar-refractivity contribution in [3.63, 3.8) is 0 Å². The third-order valence-corrected chi connectivity index (χ3v) is 4.79. The molecule has 2 aliphatic rings. The molecule has 0 atom stereocenters. The van der Waals surface area contributed by atoms with Crippen LogP contribution < -0.4 is 19.1 Å². The number of anilines is 1. The molecule has 3 heterocycles. The first-order valence-electron chi connectivity index (χ1n) is 9.03. The van der Waals surface area contributed by atoms with Gasteiger partial charge in [-0.15, -0.1) is 0 Å². The second-order valence-electron chi connectivity index (χ2n) is 6.49. The Hall–Kier alpha value is -2.54. The summed E-state index contributed by atoms with van der Waals surface area (Å²) in [7, 11) is 1.70. The smallest absolute Gasteiger partial charge is 0.164 e. The van der Waals surface area contributed by atoms with Crippen LogP contribution in [-0.2, 0) is 6.54 Å². The van der Waals surface area contributed by atoms with Crippen LogP contribution in [0.15, 0.2) is 30.7 Å². The first kappa shape index (κ1) is 16.9. The Bertz CT molecular complexity index is 733. The van der Waals surface area contributed by atoms with Crippen LogP contribution in [-0.4, -0.2) is 61.4 Å². The zero-order valence-electron chi connectivity index (χ0n) is 15.1. The van der Waals surface area contributed by atoms with E-state index in [1.165, 1.54) is 0 Å². The van der Waals surface area contributed by atoms with E-state index < -0.39 is 0 Å². The van der Waals surface area contributed by atoms with Gasteiger partial charge in [-0.1, -0.05) is 0 Å². The van der Waals surface area contributed by atoms with Crippen LogP contribution in [0.4, 0.5) is 5.82 Å². The summed E-state index contributed by atoms with van der Waals surface area (Å²) in [6, 6.07) is 4.01. The number of fused-ring (bicyclic) bond motifs is 1. The molecule has 2 aliphatic heterocycles. The van der Waals surface area contributed by atoms with E-state index in [4.69, 9.17) is 14.2 Å². The van der Waals surface area contributed by atoms with Gasteiger partial charge in [0.2, 0.25) is 0 Å². The summed E-state index contributed by atoms with van der Waals surface area (Å²) in [5.74, 6) is 3.39. The van der Waals surface area contributed by atoms with Crippen LogP contribution in [0.5, 0.6) is 17.2 Å². The summed E-state index contributed by atoms with van der Waals surface area (Å²) in [5, 5.41) is 0. The maximum atomic E-state index is 5.83. The van der Waals surface area contributed by atoms with E-state index >= 15 is 0 Å². The van der Waals surface area contributed by atoms with Crippen molar-refractivity contribution in [2.24, 2.45) is 0 Å². The van der Waals surface area contributed by atoms with Gasteiger partial charge in [-0.3, -0.25) is 9.88 Å². The maximum absolute atomic E-state index is 5.83. The standard InChI is InChI=1S/C19H24N4O3/c1-24-16-12-18-17(25-9-2-10-26-18)11-15(16)14-22-5-7-23(8-6-22)19-13-20-3-4-21-19/h3-4,11-13H,2,5-10,14H2,1H3. The average Bonchev–Trinajstić information content (AvgIpc) is 2.93. The number of hydrogen-bond donors (Lipinski definition) is 0. The molecular weight excluding hydrogens is 332 g/mol. The highest BCUT2D eigenvalue weighted by molar-refractivity contribution is 5.51. The molecule has 0 unspecified atom stereocenters. The Morgan fingerprint density at radius 3 is 2.50 bits per heavy atom. The monoisotopic (exact) mass is 356 g/mol. The van der Waals surface area contributed by atoms with Gasteiger partial charge in [-0.25, -0.2) is 4.98 Å². The van der Waals surface area contributed by atoms with Crippen LogP contribution in [0.25, 0.3) is 0 Å². The summed E-state index contributed by atoms with van der Waals surface area (Å²) in [5.41, 5.74) is 1.13. The molecule has 1 aromatic carbocycles. The van der Waals surface area contributed by atoms with E-state index in [9.17, 15) is 0 Å². The molecule has 0 spiro atoms. The fraction of sp³-hybridized carbons (Fsp3) is 0.474. The fourth-order valence-corrected chi connectivity index (χ4v) is 3.38. The van der Waals surface area contributed by atoms with Gasteiger partial charge in [-0.2, -0.15) is 0 Å². The van der Waals surface area contributed by atoms with Crippen LogP contribution in [0.3, 0.4) is 0 Å². The molecular formula is C19H24N4O3. The summed E-state index contributed by atoms with van der Waals surface area (Å²) in [6.07, 6.45) is 6.17. The Morgan fingerprint density at radius 2 is 1.81 bits per heavy atom. The normalized spacial score (nSPS) is 17.7. The lowest BCUT2D eigenvalue weighted by atomic mass is 10.1. The topological polar surface area (TPSA) is 60.0 Å². The van der Waals surface area contributed by atoms with Crippen LogP contribution in [0, 0.1) is 0 Å². The first-order valence-corrected chi connectivity index (χ1v) is 9.03. The van der Waals surface area contributed by atoms with Gasteiger partial charge in [0, 0.05) is 63.2 Å². The van der Waals surface area contributed by atoms with E-state index in [-0.39, 0.29) is 0 Å². The van der Waals surface area contributed by atoms with Crippen LogP contribution in [0.1, 0.15) is 12.0 Å². The first-order chi connectivity index (χ1) is 12.8. The van der Waals surface area contributed by atoms with Crippen LogP contribution >= 0.6 is 0 Å². The third-order valence-electron chi connectivity index (χ3n) is 4.79. The molecule has 7 heteroatoms. The molecule has 0 N–H and O–H groups in total. The van der Waals surface area contributed by atoms with E-state index in [1.807, 2.05) is 12.3 Å². The molecule has 4 rings (SSSR count). The number of hydrogen-bond acceptors (Lipinski definition) is 7. The van der Waals surface area contributed by atoms with Gasteiger partial charge in [0.05, 0.1) is 26.5 Å². The highest BCUT2D eigenvalue weighted by Crippen LogP contribution is 2.37. The Labute approximate surface area is 153 Å². The lowest BCUT2D eigenvalue weighted by Crippen LogP contribution is -2.46. The fourth-order valence-electron chi connectivity index (χ4n) is 3.38. The number of ether oxygens (including phenoxy) is 3. The van der Waals surface area contributed by atoms with Crippen molar-refractivity contribution in [3.8, 4) is 17.2 Å². The predicted molar refractivity (Wildman–Crippen MR) is 98.1 cm³/mol. The molecule has 0 bridgehead atoms. The van der Waals surface area contributed by atoms with Gasteiger partial charge in [0.15, 0.2) is 11.5 Å². The lowest BCUT2D eigenvalue weighted by Gasteiger charge is -2.35. The predicted octanol–water partition coefficient (Wildman–Crippen LogP) is 1.97. The van der Waals surface area contributed by atoms with Crippen molar-refractivity contribution in [3.05, 3.63) is 36.3 Å². The van der Waals surface area contributed by atoms with Crippen molar-refractivity contribution >= 4 is 5.82 Å². The van der Waals surface area contributed by atoms with Gasteiger partial charge in [0.1, 0.15) is 11.6 Å². The second-order valence-corrected chi connectivity index (χ2v) is 6.49. The molecule has 0 amide bonds. The summed E-state index contributed by atoms with van der Waals surface area (Å²) in [6.45, 7) is 6.00. The molecule has 1 fully saturated rings. The van der Waals surface area contributed by atoms with E-state index in [2.05, 4.69) is 25.8 Å².